The normalized spacial score (nSPS) is 16.4. The van der Waals surface area contributed by atoms with Gasteiger partial charge in [0, 0.05) is 33.7 Å². The van der Waals surface area contributed by atoms with Crippen LogP contribution in [0.5, 0.6) is 0 Å². The molecule has 0 spiro atoms. The molecule has 0 radical (unpaired) electrons. The maximum atomic E-state index is 6.81. The Morgan fingerprint density at radius 3 is 2.18 bits per heavy atom. The molecule has 7 heteroatoms. The fourth-order valence-electron chi connectivity index (χ4n) is 9.29. The maximum absolute atomic E-state index is 6.81. The Balaban J connectivity index is 1.28. The number of nitrogens with two attached hydrogens (primary N) is 2. The number of hydrazine groups is 1. The van der Waals surface area contributed by atoms with Crippen molar-refractivity contribution in [2.75, 3.05) is 22.2 Å². The molecule has 0 saturated heterocycles. The number of hydrazone groups is 1. The highest BCUT2D eigenvalue weighted by Gasteiger charge is 2.41. The molecule has 0 aromatic heterocycles. The Bertz CT molecular complexity index is 2810. The van der Waals surface area contributed by atoms with Gasteiger partial charge in [0.05, 0.1) is 5.69 Å². The summed E-state index contributed by atoms with van der Waals surface area (Å²) in [6, 6.07) is 44.8. The molecule has 4 N–H and O–H groups in total. The van der Waals surface area contributed by atoms with E-state index in [0.717, 1.165) is 63.6 Å². The average Bonchev–Trinajstić information content (AvgIpc) is 3.69. The molecule has 0 amide bonds. The summed E-state index contributed by atoms with van der Waals surface area (Å²) in [6.45, 7) is 17.1. The Morgan fingerprint density at radius 2 is 1.46 bits per heavy atom. The Morgan fingerprint density at radius 1 is 0.820 bits per heavy atom. The van der Waals surface area contributed by atoms with E-state index >= 15 is 0 Å². The SMILES string of the molecule is C=C(/C=C/C1=C(S/C(=N/N)N(N)c2ccccc2)C(=C/C=C2/N(CCCCS)c3ccc4ccccc4c3C2(C)C)/c2ccccc21)C(C)(C)c1c(C)ccc2ccccc12. The van der Waals surface area contributed by atoms with Crippen LogP contribution in [0.1, 0.15) is 68.4 Å². The van der Waals surface area contributed by atoms with Crippen molar-refractivity contribution in [2.45, 2.75) is 58.3 Å². The first-order valence-corrected chi connectivity index (χ1v) is 22.5. The number of nitrogens with zero attached hydrogens (tertiary/aromatic N) is 3. The van der Waals surface area contributed by atoms with E-state index in [4.69, 9.17) is 18.3 Å². The van der Waals surface area contributed by atoms with Gasteiger partial charge in [-0.15, -0.1) is 0 Å². The summed E-state index contributed by atoms with van der Waals surface area (Å²) in [5.41, 5.74) is 12.0. The number of aryl methyl sites for hydroxylation is 1. The third-order valence-electron chi connectivity index (χ3n) is 12.5. The Labute approximate surface area is 371 Å². The number of para-hydroxylation sites is 1. The Hall–Kier alpha value is -5.73. The predicted molar refractivity (Wildman–Crippen MR) is 269 cm³/mol. The van der Waals surface area contributed by atoms with E-state index in [1.54, 1.807) is 5.01 Å². The minimum atomic E-state index is -0.356. The van der Waals surface area contributed by atoms with Gasteiger partial charge in [0.1, 0.15) is 0 Å². The standard InChI is InChI=1S/C54H55N5S2/c1-36-26-28-38-18-10-12-22-41(38)49(36)53(3,4)37(2)27-30-45-43-24-14-15-25-44(43)46(51(45)61-52(57-55)59(56)40-20-8-7-9-21-40)31-33-48-54(5,6)50-42-23-13-11-19-39(42)29-32-47(50)58(48)34-16-17-35-60/h7-15,18-33,60H,2,16-17,34-35,55-56H2,1,3-6H3/b30-27+,46-31+,48-33+,57-52+. The number of anilines is 2. The van der Waals surface area contributed by atoms with Gasteiger partial charge >= 0.3 is 0 Å². The summed E-state index contributed by atoms with van der Waals surface area (Å²) in [6.07, 6.45) is 11.1. The van der Waals surface area contributed by atoms with Crippen molar-refractivity contribution in [1.82, 2.24) is 0 Å². The smallest absolute Gasteiger partial charge is 0.206 e. The van der Waals surface area contributed by atoms with Crippen LogP contribution in [0.15, 0.2) is 180 Å². The minimum Gasteiger partial charge on any atom is -0.344 e. The molecular formula is C54H55N5S2. The zero-order valence-electron chi connectivity index (χ0n) is 35.8. The highest BCUT2D eigenvalue weighted by Crippen LogP contribution is 2.53. The number of hydrogen-bond acceptors (Lipinski definition) is 6. The van der Waals surface area contributed by atoms with Crippen molar-refractivity contribution in [1.29, 1.82) is 0 Å². The lowest BCUT2D eigenvalue weighted by molar-refractivity contribution is 0.628. The molecule has 0 fully saturated rings. The monoisotopic (exact) mass is 837 g/mol. The van der Waals surface area contributed by atoms with Crippen molar-refractivity contribution in [2.24, 2.45) is 16.8 Å². The number of fused-ring (bicyclic) bond motifs is 5. The van der Waals surface area contributed by atoms with Gasteiger partial charge in [-0.2, -0.15) is 17.7 Å². The van der Waals surface area contributed by atoms with Crippen molar-refractivity contribution in [3.63, 3.8) is 0 Å². The van der Waals surface area contributed by atoms with Crippen LogP contribution in [0.25, 0.3) is 32.7 Å². The van der Waals surface area contributed by atoms with Gasteiger partial charge in [0.2, 0.25) is 5.17 Å². The number of benzene rings is 6. The summed E-state index contributed by atoms with van der Waals surface area (Å²) in [5.74, 6) is 13.9. The second-order valence-electron chi connectivity index (χ2n) is 17.0. The molecule has 8 rings (SSSR count). The van der Waals surface area contributed by atoms with Gasteiger partial charge in [0.25, 0.3) is 0 Å². The topological polar surface area (TPSA) is 70.9 Å². The van der Waals surface area contributed by atoms with E-state index in [1.165, 1.54) is 61.4 Å². The summed E-state index contributed by atoms with van der Waals surface area (Å²) >= 11 is 6.05. The van der Waals surface area contributed by atoms with Crippen LogP contribution in [-0.2, 0) is 10.8 Å². The number of unbranched alkanes of at least 4 members (excludes halogenated alkanes) is 1. The van der Waals surface area contributed by atoms with Crippen LogP contribution in [0.2, 0.25) is 0 Å². The molecule has 5 nitrogen and oxygen atoms in total. The minimum absolute atomic E-state index is 0.263. The predicted octanol–water partition coefficient (Wildman–Crippen LogP) is 13.2. The lowest BCUT2D eigenvalue weighted by Crippen LogP contribution is -2.36. The summed E-state index contributed by atoms with van der Waals surface area (Å²) in [5, 5.41) is 11.4. The lowest BCUT2D eigenvalue weighted by atomic mass is 9.74. The van der Waals surface area contributed by atoms with Gasteiger partial charge in [-0.05, 0) is 128 Å². The fraction of sp³-hybridized carbons (Fsp3) is 0.204. The number of thiol groups is 1. The summed E-state index contributed by atoms with van der Waals surface area (Å²) < 4.78 is 0. The molecule has 1 heterocycles. The number of hydrogen-bond donors (Lipinski definition) is 3. The molecule has 1 aliphatic carbocycles. The molecule has 6 aromatic carbocycles. The molecule has 0 saturated carbocycles. The number of rotatable bonds is 11. The lowest BCUT2D eigenvalue weighted by Gasteiger charge is -2.30. The average molecular weight is 838 g/mol. The molecule has 308 valence electrons. The van der Waals surface area contributed by atoms with Crippen molar-refractivity contribution >= 4 is 73.6 Å². The highest BCUT2D eigenvalue weighted by atomic mass is 32.2. The zero-order chi connectivity index (χ0) is 42.9. The van der Waals surface area contributed by atoms with Gasteiger partial charge in [-0.3, -0.25) is 5.01 Å². The fourth-order valence-corrected chi connectivity index (χ4v) is 10.5. The van der Waals surface area contributed by atoms with Gasteiger partial charge in [-0.25, -0.2) is 5.84 Å². The molecule has 0 unspecified atom stereocenters. The number of allylic oxidation sites excluding steroid dienone is 8. The molecule has 0 bridgehead atoms. The van der Waals surface area contributed by atoms with Crippen LogP contribution in [0.4, 0.5) is 11.4 Å². The van der Waals surface area contributed by atoms with Crippen LogP contribution >= 0.6 is 24.4 Å². The number of thioether (sulfide) groups is 1. The first kappa shape index (κ1) is 42.0. The maximum Gasteiger partial charge on any atom is 0.206 e. The molecular weight excluding hydrogens is 783 g/mol. The van der Waals surface area contributed by atoms with Gasteiger partial charge < -0.3 is 10.7 Å². The van der Waals surface area contributed by atoms with Crippen LogP contribution in [0, 0.1) is 6.92 Å². The van der Waals surface area contributed by atoms with Gasteiger partial charge in [-0.1, -0.05) is 162 Å². The molecule has 2 aliphatic rings. The van der Waals surface area contributed by atoms with E-state index in [0.29, 0.717) is 5.17 Å². The second kappa shape index (κ2) is 17.3. The van der Waals surface area contributed by atoms with E-state index in [2.05, 4.69) is 179 Å². The number of amidine groups is 1. The van der Waals surface area contributed by atoms with Crippen molar-refractivity contribution in [3.8, 4) is 0 Å². The molecule has 1 aliphatic heterocycles. The molecule has 6 aromatic rings. The summed E-state index contributed by atoms with van der Waals surface area (Å²) in [4.78, 5) is 3.54. The van der Waals surface area contributed by atoms with E-state index in [-0.39, 0.29) is 10.8 Å². The van der Waals surface area contributed by atoms with Crippen molar-refractivity contribution in [3.05, 3.63) is 202 Å². The van der Waals surface area contributed by atoms with Crippen molar-refractivity contribution < 1.29 is 0 Å². The first-order chi connectivity index (χ1) is 29.5. The van der Waals surface area contributed by atoms with E-state index < -0.39 is 0 Å². The van der Waals surface area contributed by atoms with E-state index in [9.17, 15) is 0 Å². The molecule has 61 heavy (non-hydrogen) atoms. The highest BCUT2D eigenvalue weighted by molar-refractivity contribution is 8.18. The molecule has 0 atom stereocenters. The third-order valence-corrected chi connectivity index (χ3v) is 14.0. The van der Waals surface area contributed by atoms with Gasteiger partial charge in [0.15, 0.2) is 0 Å². The first-order valence-electron chi connectivity index (χ1n) is 21.1. The van der Waals surface area contributed by atoms with E-state index in [1.807, 2.05) is 30.3 Å². The van der Waals surface area contributed by atoms with Crippen LogP contribution < -0.4 is 21.6 Å². The third kappa shape index (κ3) is 7.76. The zero-order valence-corrected chi connectivity index (χ0v) is 37.5. The Kier molecular flexibility index (Phi) is 11.9. The second-order valence-corrected chi connectivity index (χ2v) is 18.4. The largest absolute Gasteiger partial charge is 0.344 e. The van der Waals surface area contributed by atoms with Crippen LogP contribution in [-0.4, -0.2) is 17.5 Å². The van der Waals surface area contributed by atoms with Crippen LogP contribution in [0.3, 0.4) is 0 Å². The summed E-state index contributed by atoms with van der Waals surface area (Å²) in [7, 11) is 0. The quantitative estimate of drug-likeness (QED) is 0.0231.